The highest BCUT2D eigenvalue weighted by atomic mass is 32.2. The topological polar surface area (TPSA) is 0 Å². The van der Waals surface area contributed by atoms with Gasteiger partial charge in [0, 0.05) is 11.2 Å². The van der Waals surface area contributed by atoms with Gasteiger partial charge in [-0.25, -0.2) is 0 Å². The van der Waals surface area contributed by atoms with Gasteiger partial charge in [-0.1, -0.05) is 95.8 Å². The van der Waals surface area contributed by atoms with Crippen LogP contribution in [0.1, 0.15) is 55.5 Å². The fourth-order valence-corrected chi connectivity index (χ4v) is 2.30. The van der Waals surface area contributed by atoms with Crippen molar-refractivity contribution < 1.29 is 1.43 Å². The Kier molecular flexibility index (Phi) is 18.2. The largest absolute Gasteiger partial charge is 0.0901 e. The third kappa shape index (κ3) is 10.3. The number of allylic oxidation sites excluding steroid dienone is 1. The molecular formula is C21H34S. The lowest BCUT2D eigenvalue weighted by atomic mass is 10.2. The molecule has 0 bridgehead atoms. The minimum absolute atomic E-state index is 0. The van der Waals surface area contributed by atoms with E-state index in [-0.39, 0.29) is 1.43 Å². The Labute approximate surface area is 144 Å². The van der Waals surface area contributed by atoms with E-state index in [1.54, 1.807) is 11.8 Å². The standard InChI is InChI=1S/C15H14S.3C2H6.H2/c1-2-6-13-9-11-15(12-10-13)16-14-7-4-3-5-8-14;3*1-2;/h2-12H,1H3;3*1-2H3;1H/b6-2+;;;;. The van der Waals surface area contributed by atoms with E-state index in [9.17, 15) is 0 Å². The molecule has 0 amide bonds. The Morgan fingerprint density at radius 2 is 1.14 bits per heavy atom. The Balaban J connectivity index is -0.000000514. The van der Waals surface area contributed by atoms with Crippen molar-refractivity contribution in [1.82, 2.24) is 0 Å². The van der Waals surface area contributed by atoms with Crippen LogP contribution < -0.4 is 0 Å². The Bertz CT molecular complexity index is 461. The van der Waals surface area contributed by atoms with E-state index < -0.39 is 0 Å². The predicted octanol–water partition coefficient (Wildman–Crippen LogP) is 8.20. The normalized spacial score (nSPS) is 8.68. The van der Waals surface area contributed by atoms with Gasteiger partial charge in [0.25, 0.3) is 0 Å². The van der Waals surface area contributed by atoms with Crippen LogP contribution in [-0.4, -0.2) is 0 Å². The van der Waals surface area contributed by atoms with Gasteiger partial charge in [-0.05, 0) is 36.8 Å². The van der Waals surface area contributed by atoms with Crippen LogP contribution in [-0.2, 0) is 0 Å². The molecule has 2 rings (SSSR count). The first-order chi connectivity index (χ1) is 10.9. The van der Waals surface area contributed by atoms with Crippen molar-refractivity contribution >= 4 is 17.8 Å². The Morgan fingerprint density at radius 1 is 0.682 bits per heavy atom. The van der Waals surface area contributed by atoms with E-state index in [0.29, 0.717) is 0 Å². The van der Waals surface area contributed by atoms with E-state index in [0.717, 1.165) is 0 Å². The first-order valence-electron chi connectivity index (χ1n) is 8.34. The molecule has 0 nitrogen and oxygen atoms in total. The summed E-state index contributed by atoms with van der Waals surface area (Å²) in [6, 6.07) is 19.0. The molecule has 0 aromatic heterocycles. The molecule has 2 aromatic rings. The van der Waals surface area contributed by atoms with Gasteiger partial charge in [0.05, 0.1) is 0 Å². The van der Waals surface area contributed by atoms with Gasteiger partial charge in [-0.3, -0.25) is 0 Å². The van der Waals surface area contributed by atoms with E-state index in [2.05, 4.69) is 60.7 Å². The highest BCUT2D eigenvalue weighted by Crippen LogP contribution is 2.27. The molecule has 0 fully saturated rings. The SMILES string of the molecule is C/C=C/c1ccc(Sc2ccccc2)cc1.CC.CC.CC.[HH]. The van der Waals surface area contributed by atoms with Crippen LogP contribution >= 0.6 is 11.8 Å². The molecule has 0 atom stereocenters. The molecule has 0 saturated carbocycles. The van der Waals surface area contributed by atoms with Crippen molar-refractivity contribution in [2.45, 2.75) is 58.3 Å². The van der Waals surface area contributed by atoms with Crippen LogP contribution in [0.5, 0.6) is 0 Å². The van der Waals surface area contributed by atoms with Crippen molar-refractivity contribution in [3.63, 3.8) is 0 Å². The number of rotatable bonds is 3. The van der Waals surface area contributed by atoms with E-state index in [1.165, 1.54) is 15.4 Å². The van der Waals surface area contributed by atoms with Crippen LogP contribution in [0.25, 0.3) is 6.08 Å². The summed E-state index contributed by atoms with van der Waals surface area (Å²) >= 11 is 1.79. The van der Waals surface area contributed by atoms with Gasteiger partial charge in [0.15, 0.2) is 0 Å². The van der Waals surface area contributed by atoms with Crippen LogP contribution in [0.4, 0.5) is 0 Å². The Hall–Kier alpha value is -1.47. The van der Waals surface area contributed by atoms with Gasteiger partial charge in [-0.15, -0.1) is 0 Å². The fraction of sp³-hybridized carbons (Fsp3) is 0.333. The lowest BCUT2D eigenvalue weighted by Crippen LogP contribution is -1.74. The molecule has 0 spiro atoms. The number of benzene rings is 2. The zero-order valence-corrected chi connectivity index (χ0v) is 16.1. The molecule has 0 saturated heterocycles. The minimum atomic E-state index is 0. The molecule has 1 heteroatoms. The summed E-state index contributed by atoms with van der Waals surface area (Å²) in [5.41, 5.74) is 1.25. The monoisotopic (exact) mass is 318 g/mol. The Morgan fingerprint density at radius 3 is 1.59 bits per heavy atom. The second kappa shape index (κ2) is 17.6. The highest BCUT2D eigenvalue weighted by Gasteiger charge is 1.95. The summed E-state index contributed by atoms with van der Waals surface area (Å²) in [5.74, 6) is 0. The van der Waals surface area contributed by atoms with Crippen molar-refractivity contribution in [1.29, 1.82) is 0 Å². The maximum absolute atomic E-state index is 2.16. The van der Waals surface area contributed by atoms with Gasteiger partial charge in [-0.2, -0.15) is 0 Å². The van der Waals surface area contributed by atoms with Crippen LogP contribution in [0.15, 0.2) is 70.5 Å². The maximum atomic E-state index is 2.16. The maximum Gasteiger partial charge on any atom is 0.0122 e. The van der Waals surface area contributed by atoms with Crippen LogP contribution in [0.2, 0.25) is 0 Å². The molecule has 2 aromatic carbocycles. The summed E-state index contributed by atoms with van der Waals surface area (Å²) in [4.78, 5) is 2.56. The molecule has 0 aliphatic rings. The second-order valence-electron chi connectivity index (χ2n) is 3.48. The summed E-state index contributed by atoms with van der Waals surface area (Å²) in [5, 5.41) is 0. The van der Waals surface area contributed by atoms with Crippen molar-refractivity contribution in [2.24, 2.45) is 0 Å². The second-order valence-corrected chi connectivity index (χ2v) is 4.63. The molecule has 0 aliphatic carbocycles. The lowest BCUT2D eigenvalue weighted by molar-refractivity contribution is 1.40. The average Bonchev–Trinajstić information content (AvgIpc) is 2.63. The first-order valence-corrected chi connectivity index (χ1v) is 9.16. The van der Waals surface area contributed by atoms with Gasteiger partial charge in [0.2, 0.25) is 0 Å². The molecule has 0 unspecified atom stereocenters. The molecule has 124 valence electrons. The summed E-state index contributed by atoms with van der Waals surface area (Å²) in [7, 11) is 0. The smallest absolute Gasteiger partial charge is 0.0122 e. The molecule has 0 aliphatic heterocycles. The third-order valence-corrected chi connectivity index (χ3v) is 3.23. The zero-order valence-electron chi connectivity index (χ0n) is 15.3. The molecule has 0 radical (unpaired) electrons. The van der Waals surface area contributed by atoms with Crippen molar-refractivity contribution in [3.05, 3.63) is 66.2 Å². The van der Waals surface area contributed by atoms with E-state index in [1.807, 2.05) is 54.5 Å². The minimum Gasteiger partial charge on any atom is -0.0901 e. The van der Waals surface area contributed by atoms with Gasteiger partial charge >= 0.3 is 0 Å². The van der Waals surface area contributed by atoms with E-state index in [4.69, 9.17) is 0 Å². The summed E-state index contributed by atoms with van der Waals surface area (Å²) in [6.07, 6.45) is 4.16. The zero-order chi connectivity index (χ0) is 17.2. The molecule has 0 N–H and O–H groups in total. The van der Waals surface area contributed by atoms with Gasteiger partial charge < -0.3 is 0 Å². The number of hydrogen-bond acceptors (Lipinski definition) is 1. The summed E-state index contributed by atoms with van der Waals surface area (Å²) in [6.45, 7) is 14.0. The highest BCUT2D eigenvalue weighted by molar-refractivity contribution is 7.99. The van der Waals surface area contributed by atoms with Crippen LogP contribution in [0.3, 0.4) is 0 Å². The number of hydrogen-bond donors (Lipinski definition) is 0. The molecule has 0 heterocycles. The summed E-state index contributed by atoms with van der Waals surface area (Å²) < 4.78 is 0. The lowest BCUT2D eigenvalue weighted by Gasteiger charge is -2.01. The predicted molar refractivity (Wildman–Crippen MR) is 108 cm³/mol. The van der Waals surface area contributed by atoms with Crippen LogP contribution in [0, 0.1) is 0 Å². The fourth-order valence-electron chi connectivity index (χ4n) is 1.46. The van der Waals surface area contributed by atoms with Crippen molar-refractivity contribution in [3.8, 4) is 0 Å². The molecular weight excluding hydrogens is 284 g/mol. The molecule has 22 heavy (non-hydrogen) atoms. The first kappa shape index (κ1) is 22.8. The quantitative estimate of drug-likeness (QED) is 0.549. The van der Waals surface area contributed by atoms with Crippen molar-refractivity contribution in [2.75, 3.05) is 0 Å². The van der Waals surface area contributed by atoms with Gasteiger partial charge in [0.1, 0.15) is 0 Å². The third-order valence-electron chi connectivity index (χ3n) is 2.22. The van der Waals surface area contributed by atoms with E-state index >= 15 is 0 Å². The average molecular weight is 319 g/mol.